The van der Waals surface area contributed by atoms with E-state index in [0.29, 0.717) is 12.8 Å². The molecule has 4 heterocycles. The average molecular weight is 385 g/mol. The number of thiazole rings is 1. The van der Waals surface area contributed by atoms with Crippen LogP contribution in [0.3, 0.4) is 0 Å². The number of amides is 1. The Labute approximate surface area is 160 Å². The molecule has 0 unspecified atom stereocenters. The van der Waals surface area contributed by atoms with Crippen LogP contribution in [0.25, 0.3) is 0 Å². The molecule has 3 aromatic rings. The number of carbonyl (C=O) groups excluding carboxylic acids is 1. The first-order chi connectivity index (χ1) is 12.8. The maximum Gasteiger partial charge on any atom is 0.223 e. The van der Waals surface area contributed by atoms with Gasteiger partial charge < -0.3 is 9.88 Å². The average Bonchev–Trinajstić information content (AvgIpc) is 3.42. The third-order valence-electron chi connectivity index (χ3n) is 5.32. The number of aromatic amines is 1. The van der Waals surface area contributed by atoms with E-state index in [1.807, 2.05) is 21.6 Å². The maximum absolute atomic E-state index is 13.1. The van der Waals surface area contributed by atoms with Crippen molar-refractivity contribution in [3.05, 3.63) is 55.7 Å². The van der Waals surface area contributed by atoms with Crippen molar-refractivity contribution in [1.82, 2.24) is 19.9 Å². The second-order valence-electron chi connectivity index (χ2n) is 6.88. The molecule has 0 fully saturated rings. The van der Waals surface area contributed by atoms with E-state index in [2.05, 4.69) is 21.0 Å². The van der Waals surface area contributed by atoms with Crippen LogP contribution in [-0.4, -0.2) is 32.3 Å². The Kier molecular flexibility index (Phi) is 4.13. The molecular formula is C19H20N4OS2. The number of hydrogen-bond acceptors (Lipinski definition) is 5. The van der Waals surface area contributed by atoms with Crippen molar-refractivity contribution in [3.8, 4) is 0 Å². The van der Waals surface area contributed by atoms with Crippen molar-refractivity contribution in [1.29, 1.82) is 0 Å². The number of nitrogens with zero attached hydrogens (tertiary/aromatic N) is 3. The summed E-state index contributed by atoms with van der Waals surface area (Å²) in [6.45, 7) is 0.749. The van der Waals surface area contributed by atoms with Crippen molar-refractivity contribution in [2.45, 2.75) is 44.6 Å². The van der Waals surface area contributed by atoms with E-state index >= 15 is 0 Å². The summed E-state index contributed by atoms with van der Waals surface area (Å²) < 4.78 is 0. The van der Waals surface area contributed by atoms with Crippen molar-refractivity contribution < 1.29 is 4.79 Å². The zero-order valence-electron chi connectivity index (χ0n) is 14.4. The highest BCUT2D eigenvalue weighted by Crippen LogP contribution is 2.41. The second kappa shape index (κ2) is 6.63. The predicted molar refractivity (Wildman–Crippen MR) is 103 cm³/mol. The molecule has 1 atom stereocenters. The molecule has 5 rings (SSSR count). The van der Waals surface area contributed by atoms with Gasteiger partial charge in [0.25, 0.3) is 0 Å². The van der Waals surface area contributed by atoms with Gasteiger partial charge in [0.1, 0.15) is 6.04 Å². The fourth-order valence-corrected chi connectivity index (χ4v) is 6.05. The summed E-state index contributed by atoms with van der Waals surface area (Å²) in [5.74, 6) is 0.201. The quantitative estimate of drug-likeness (QED) is 0.749. The molecule has 26 heavy (non-hydrogen) atoms. The van der Waals surface area contributed by atoms with Crippen LogP contribution in [0.1, 0.15) is 50.6 Å². The van der Waals surface area contributed by atoms with Gasteiger partial charge >= 0.3 is 0 Å². The molecule has 0 saturated carbocycles. The normalized spacial score (nSPS) is 18.8. The lowest BCUT2D eigenvalue weighted by Crippen LogP contribution is -2.40. The number of aryl methyl sites for hydroxylation is 3. The Morgan fingerprint density at radius 3 is 3.12 bits per heavy atom. The SMILES string of the molecule is O=C(CCc1nccs1)N1CCc2[nH]cnc2[C@@H]1c1cc2c(s1)CCC2. The van der Waals surface area contributed by atoms with Crippen molar-refractivity contribution in [2.24, 2.45) is 0 Å². The number of fused-ring (bicyclic) bond motifs is 2. The van der Waals surface area contributed by atoms with Crippen LogP contribution < -0.4 is 0 Å². The lowest BCUT2D eigenvalue weighted by Gasteiger charge is -2.34. The van der Waals surface area contributed by atoms with Gasteiger partial charge in [0.15, 0.2) is 0 Å². The van der Waals surface area contributed by atoms with Gasteiger partial charge in [-0.1, -0.05) is 0 Å². The van der Waals surface area contributed by atoms with E-state index in [4.69, 9.17) is 0 Å². The summed E-state index contributed by atoms with van der Waals surface area (Å²) in [5, 5.41) is 3.00. The van der Waals surface area contributed by atoms with Crippen LogP contribution in [0.5, 0.6) is 0 Å². The first-order valence-electron chi connectivity index (χ1n) is 9.11. The molecule has 1 aliphatic carbocycles. The monoisotopic (exact) mass is 384 g/mol. The molecule has 3 aromatic heterocycles. The summed E-state index contributed by atoms with van der Waals surface area (Å²) in [5.41, 5.74) is 3.68. The van der Waals surface area contributed by atoms with Crippen LogP contribution >= 0.6 is 22.7 Å². The molecule has 0 bridgehead atoms. The minimum atomic E-state index is -0.0376. The first kappa shape index (κ1) is 16.2. The molecule has 0 spiro atoms. The summed E-state index contributed by atoms with van der Waals surface area (Å²) >= 11 is 3.49. The van der Waals surface area contributed by atoms with Gasteiger partial charge in [0, 0.05) is 52.8 Å². The summed E-state index contributed by atoms with van der Waals surface area (Å²) in [6.07, 6.45) is 9.25. The Bertz CT molecular complexity index is 906. The van der Waals surface area contributed by atoms with Crippen molar-refractivity contribution >= 4 is 28.6 Å². The third-order valence-corrected chi connectivity index (χ3v) is 7.45. The van der Waals surface area contributed by atoms with E-state index < -0.39 is 0 Å². The van der Waals surface area contributed by atoms with Gasteiger partial charge in [0.05, 0.1) is 17.0 Å². The number of carbonyl (C=O) groups is 1. The highest BCUT2D eigenvalue weighted by Gasteiger charge is 2.35. The van der Waals surface area contributed by atoms with E-state index in [0.717, 1.165) is 23.7 Å². The molecule has 0 radical (unpaired) electrons. The van der Waals surface area contributed by atoms with E-state index in [1.54, 1.807) is 23.9 Å². The van der Waals surface area contributed by atoms with Crippen LogP contribution in [0.2, 0.25) is 0 Å². The second-order valence-corrected chi connectivity index (χ2v) is 9.03. The molecule has 0 saturated heterocycles. The Hall–Kier alpha value is -1.99. The Balaban J connectivity index is 1.44. The summed E-state index contributed by atoms with van der Waals surface area (Å²) in [6, 6.07) is 2.28. The zero-order chi connectivity index (χ0) is 17.5. The Morgan fingerprint density at radius 2 is 2.27 bits per heavy atom. The lowest BCUT2D eigenvalue weighted by atomic mass is 10.00. The van der Waals surface area contributed by atoms with Crippen LogP contribution in [0.4, 0.5) is 0 Å². The Morgan fingerprint density at radius 1 is 1.31 bits per heavy atom. The van der Waals surface area contributed by atoms with E-state index in [-0.39, 0.29) is 11.9 Å². The number of imidazole rings is 1. The van der Waals surface area contributed by atoms with Crippen LogP contribution in [0, 0.1) is 0 Å². The van der Waals surface area contributed by atoms with Crippen LogP contribution in [0.15, 0.2) is 24.0 Å². The molecule has 1 amide bonds. The van der Waals surface area contributed by atoms with Crippen molar-refractivity contribution in [3.63, 3.8) is 0 Å². The predicted octanol–water partition coefficient (Wildman–Crippen LogP) is 3.52. The molecule has 7 heteroatoms. The topological polar surface area (TPSA) is 61.9 Å². The highest BCUT2D eigenvalue weighted by atomic mass is 32.1. The van der Waals surface area contributed by atoms with Gasteiger partial charge in [-0.25, -0.2) is 9.97 Å². The largest absolute Gasteiger partial charge is 0.348 e. The lowest BCUT2D eigenvalue weighted by molar-refractivity contribution is -0.133. The van der Waals surface area contributed by atoms with Crippen LogP contribution in [-0.2, 0) is 30.5 Å². The van der Waals surface area contributed by atoms with Gasteiger partial charge in [-0.2, -0.15) is 0 Å². The number of aromatic nitrogens is 3. The first-order valence-corrected chi connectivity index (χ1v) is 10.8. The van der Waals surface area contributed by atoms with Crippen molar-refractivity contribution in [2.75, 3.05) is 6.54 Å². The third kappa shape index (κ3) is 2.79. The number of hydrogen-bond donors (Lipinski definition) is 1. The molecular weight excluding hydrogens is 364 g/mol. The molecule has 1 N–H and O–H groups in total. The van der Waals surface area contributed by atoms with Gasteiger partial charge in [-0.05, 0) is 30.9 Å². The minimum absolute atomic E-state index is 0.0376. The van der Waals surface area contributed by atoms with E-state index in [1.165, 1.54) is 40.3 Å². The fourth-order valence-electron chi connectivity index (χ4n) is 4.05. The summed E-state index contributed by atoms with van der Waals surface area (Å²) in [7, 11) is 0. The van der Waals surface area contributed by atoms with Gasteiger partial charge in [-0.3, -0.25) is 4.79 Å². The molecule has 2 aliphatic rings. The summed E-state index contributed by atoms with van der Waals surface area (Å²) in [4.78, 5) is 30.0. The minimum Gasteiger partial charge on any atom is -0.348 e. The smallest absolute Gasteiger partial charge is 0.223 e. The zero-order valence-corrected chi connectivity index (χ0v) is 16.0. The number of thiophene rings is 1. The number of H-pyrrole nitrogens is 1. The highest BCUT2D eigenvalue weighted by molar-refractivity contribution is 7.12. The molecule has 0 aromatic carbocycles. The van der Waals surface area contributed by atoms with E-state index in [9.17, 15) is 4.79 Å². The number of nitrogens with one attached hydrogen (secondary N) is 1. The number of rotatable bonds is 4. The molecule has 1 aliphatic heterocycles. The molecule has 5 nitrogen and oxygen atoms in total. The van der Waals surface area contributed by atoms with Gasteiger partial charge in [0.2, 0.25) is 5.91 Å². The maximum atomic E-state index is 13.1. The molecule has 134 valence electrons. The fraction of sp³-hybridized carbons (Fsp3) is 0.421. The van der Waals surface area contributed by atoms with Gasteiger partial charge in [-0.15, -0.1) is 22.7 Å². The standard InChI is InChI=1S/C19H20N4OS2/c24-17(5-4-16-20-7-9-25-16)23-8-6-13-18(22-11-21-13)19(23)15-10-12-2-1-3-14(12)26-15/h7,9-11,19H,1-6,8H2,(H,21,22)/t19-/m0/s1.